The van der Waals surface area contributed by atoms with Crippen LogP contribution in [0.15, 0.2) is 71.6 Å². The number of benzene rings is 3. The SMILES string of the molecule is COc1ccc([C@@H](C)NC(=O)c2ccc(CSc3ccc(C)cc3)cc2)cc1OC. The Bertz CT molecular complexity index is 984. The number of rotatable bonds is 8. The van der Waals surface area contributed by atoms with E-state index >= 15 is 0 Å². The van der Waals surface area contributed by atoms with E-state index in [4.69, 9.17) is 9.47 Å². The number of nitrogens with one attached hydrogen (secondary N) is 1. The molecule has 0 radical (unpaired) electrons. The molecule has 30 heavy (non-hydrogen) atoms. The number of carbonyl (C=O) groups excluding carboxylic acids is 1. The summed E-state index contributed by atoms with van der Waals surface area (Å²) in [6.45, 7) is 4.04. The van der Waals surface area contributed by atoms with Gasteiger partial charge in [0.15, 0.2) is 11.5 Å². The molecule has 3 aromatic carbocycles. The number of methoxy groups -OCH3 is 2. The average Bonchev–Trinajstić information content (AvgIpc) is 2.78. The fraction of sp³-hybridized carbons (Fsp3) is 0.240. The maximum atomic E-state index is 12.7. The lowest BCUT2D eigenvalue weighted by Gasteiger charge is -2.16. The van der Waals surface area contributed by atoms with Gasteiger partial charge in [-0.1, -0.05) is 35.9 Å². The van der Waals surface area contributed by atoms with Crippen LogP contribution in [0.2, 0.25) is 0 Å². The van der Waals surface area contributed by atoms with E-state index in [1.807, 2.05) is 49.4 Å². The Balaban J connectivity index is 1.59. The van der Waals surface area contributed by atoms with Crippen LogP contribution in [0.5, 0.6) is 11.5 Å². The topological polar surface area (TPSA) is 47.6 Å². The minimum Gasteiger partial charge on any atom is -0.493 e. The molecule has 0 aliphatic rings. The number of ether oxygens (including phenoxy) is 2. The van der Waals surface area contributed by atoms with Crippen molar-refractivity contribution in [3.63, 3.8) is 0 Å². The van der Waals surface area contributed by atoms with Crippen LogP contribution in [-0.4, -0.2) is 20.1 Å². The highest BCUT2D eigenvalue weighted by molar-refractivity contribution is 7.98. The zero-order valence-corrected chi connectivity index (χ0v) is 18.6. The molecule has 3 aromatic rings. The summed E-state index contributed by atoms with van der Waals surface area (Å²) in [6, 6.07) is 21.8. The van der Waals surface area contributed by atoms with Crippen LogP contribution in [0.1, 0.15) is 40.0 Å². The molecule has 0 bridgehead atoms. The lowest BCUT2D eigenvalue weighted by molar-refractivity contribution is 0.0940. The number of amides is 1. The van der Waals surface area contributed by atoms with E-state index in [-0.39, 0.29) is 11.9 Å². The second kappa shape index (κ2) is 10.2. The van der Waals surface area contributed by atoms with Crippen molar-refractivity contribution in [3.8, 4) is 11.5 Å². The van der Waals surface area contributed by atoms with E-state index < -0.39 is 0 Å². The lowest BCUT2D eigenvalue weighted by Crippen LogP contribution is -2.26. The van der Waals surface area contributed by atoms with E-state index in [0.717, 1.165) is 11.3 Å². The molecule has 0 aliphatic carbocycles. The van der Waals surface area contributed by atoms with Crippen molar-refractivity contribution in [2.24, 2.45) is 0 Å². The normalized spacial score (nSPS) is 11.6. The van der Waals surface area contributed by atoms with Crippen molar-refractivity contribution in [2.45, 2.75) is 30.5 Å². The van der Waals surface area contributed by atoms with Crippen molar-refractivity contribution in [1.82, 2.24) is 5.32 Å². The molecule has 1 atom stereocenters. The maximum Gasteiger partial charge on any atom is 0.251 e. The zero-order valence-electron chi connectivity index (χ0n) is 17.8. The predicted octanol–water partition coefficient (Wildman–Crippen LogP) is 5.80. The van der Waals surface area contributed by atoms with E-state index in [0.29, 0.717) is 17.1 Å². The standard InChI is InChI=1S/C25H27NO3S/c1-17-5-12-22(13-6-17)30-16-19-7-9-20(10-8-19)25(27)26-18(2)21-11-14-23(28-3)24(15-21)29-4/h5-15,18H,16H2,1-4H3,(H,26,27)/t18-/m1/s1. The Hall–Kier alpha value is -2.92. The van der Waals surface area contributed by atoms with Crippen molar-refractivity contribution in [2.75, 3.05) is 14.2 Å². The molecule has 1 N–H and O–H groups in total. The Morgan fingerprint density at radius 1 is 0.933 bits per heavy atom. The molecule has 0 spiro atoms. The highest BCUT2D eigenvalue weighted by Crippen LogP contribution is 2.30. The smallest absolute Gasteiger partial charge is 0.251 e. The predicted molar refractivity (Wildman–Crippen MR) is 123 cm³/mol. The monoisotopic (exact) mass is 421 g/mol. The van der Waals surface area contributed by atoms with Crippen LogP contribution >= 0.6 is 11.8 Å². The van der Waals surface area contributed by atoms with Gasteiger partial charge in [-0.3, -0.25) is 4.79 Å². The van der Waals surface area contributed by atoms with Gasteiger partial charge in [0.05, 0.1) is 20.3 Å². The Kier molecular flexibility index (Phi) is 7.41. The first kappa shape index (κ1) is 21.8. The molecule has 0 saturated carbocycles. The molecule has 4 nitrogen and oxygen atoms in total. The van der Waals surface area contributed by atoms with Crippen LogP contribution < -0.4 is 14.8 Å². The first-order chi connectivity index (χ1) is 14.5. The number of carbonyl (C=O) groups is 1. The van der Waals surface area contributed by atoms with E-state index in [1.54, 1.807) is 26.0 Å². The summed E-state index contributed by atoms with van der Waals surface area (Å²) in [5.74, 6) is 2.08. The molecule has 5 heteroatoms. The third-order valence-corrected chi connectivity index (χ3v) is 5.98. The number of hydrogen-bond acceptors (Lipinski definition) is 4. The van der Waals surface area contributed by atoms with Gasteiger partial charge >= 0.3 is 0 Å². The fourth-order valence-electron chi connectivity index (χ4n) is 3.04. The van der Waals surface area contributed by atoms with E-state index in [9.17, 15) is 4.79 Å². The van der Waals surface area contributed by atoms with Gasteiger partial charge in [0, 0.05) is 16.2 Å². The van der Waals surface area contributed by atoms with Crippen molar-refractivity contribution in [1.29, 1.82) is 0 Å². The minimum atomic E-state index is -0.158. The quantitative estimate of drug-likeness (QED) is 0.467. The van der Waals surface area contributed by atoms with Gasteiger partial charge in [-0.25, -0.2) is 0 Å². The van der Waals surface area contributed by atoms with Crippen LogP contribution in [0.3, 0.4) is 0 Å². The molecule has 0 saturated heterocycles. The number of hydrogen-bond donors (Lipinski definition) is 1. The van der Waals surface area contributed by atoms with Crippen LogP contribution in [0.25, 0.3) is 0 Å². The van der Waals surface area contributed by atoms with E-state index in [2.05, 4.69) is 36.5 Å². The first-order valence-corrected chi connectivity index (χ1v) is 10.8. The summed E-state index contributed by atoms with van der Waals surface area (Å²) >= 11 is 1.79. The summed E-state index contributed by atoms with van der Waals surface area (Å²) in [5.41, 5.74) is 4.04. The minimum absolute atomic E-state index is 0.102. The summed E-state index contributed by atoms with van der Waals surface area (Å²) < 4.78 is 10.6. The largest absolute Gasteiger partial charge is 0.493 e. The zero-order chi connectivity index (χ0) is 21.5. The summed E-state index contributed by atoms with van der Waals surface area (Å²) in [6.07, 6.45) is 0. The van der Waals surface area contributed by atoms with Crippen molar-refractivity contribution >= 4 is 17.7 Å². The Morgan fingerprint density at radius 2 is 1.60 bits per heavy atom. The van der Waals surface area contributed by atoms with Gasteiger partial charge < -0.3 is 14.8 Å². The van der Waals surface area contributed by atoms with Gasteiger partial charge in [0.1, 0.15) is 0 Å². The maximum absolute atomic E-state index is 12.7. The first-order valence-electron chi connectivity index (χ1n) is 9.81. The number of thioether (sulfide) groups is 1. The third kappa shape index (κ3) is 5.57. The van der Waals surface area contributed by atoms with Crippen LogP contribution in [0.4, 0.5) is 0 Å². The summed E-state index contributed by atoms with van der Waals surface area (Å²) in [7, 11) is 3.20. The average molecular weight is 422 g/mol. The van der Waals surface area contributed by atoms with Gasteiger partial charge in [-0.05, 0) is 61.4 Å². The molecule has 156 valence electrons. The molecular formula is C25H27NO3S. The summed E-state index contributed by atoms with van der Waals surface area (Å²) in [4.78, 5) is 13.9. The second-order valence-electron chi connectivity index (χ2n) is 7.11. The Morgan fingerprint density at radius 3 is 2.23 bits per heavy atom. The van der Waals surface area contributed by atoms with Crippen LogP contribution in [-0.2, 0) is 5.75 Å². The molecule has 0 fully saturated rings. The van der Waals surface area contributed by atoms with Crippen LogP contribution in [0, 0.1) is 6.92 Å². The summed E-state index contributed by atoms with van der Waals surface area (Å²) in [5, 5.41) is 3.04. The van der Waals surface area contributed by atoms with Gasteiger partial charge in [0.2, 0.25) is 0 Å². The van der Waals surface area contributed by atoms with E-state index in [1.165, 1.54) is 16.0 Å². The fourth-order valence-corrected chi connectivity index (χ4v) is 3.89. The number of aryl methyl sites for hydroxylation is 1. The molecule has 0 heterocycles. The molecular weight excluding hydrogens is 394 g/mol. The molecule has 0 aliphatic heterocycles. The second-order valence-corrected chi connectivity index (χ2v) is 8.16. The van der Waals surface area contributed by atoms with Gasteiger partial charge in [0.25, 0.3) is 5.91 Å². The molecule has 0 aromatic heterocycles. The highest BCUT2D eigenvalue weighted by Gasteiger charge is 2.14. The molecule has 3 rings (SSSR count). The van der Waals surface area contributed by atoms with Crippen molar-refractivity contribution in [3.05, 3.63) is 89.0 Å². The Labute approximate surface area is 182 Å². The molecule has 0 unspecified atom stereocenters. The highest BCUT2D eigenvalue weighted by atomic mass is 32.2. The van der Waals surface area contributed by atoms with Gasteiger partial charge in [-0.2, -0.15) is 0 Å². The third-order valence-electron chi connectivity index (χ3n) is 4.90. The van der Waals surface area contributed by atoms with Crippen molar-refractivity contribution < 1.29 is 14.3 Å². The van der Waals surface area contributed by atoms with Gasteiger partial charge in [-0.15, -0.1) is 11.8 Å². The molecule has 1 amide bonds. The lowest BCUT2D eigenvalue weighted by atomic mass is 10.1.